The van der Waals surface area contributed by atoms with Crippen LogP contribution >= 0.6 is 0 Å². The Labute approximate surface area is 137 Å². The van der Waals surface area contributed by atoms with E-state index in [4.69, 9.17) is 4.74 Å². The molecule has 2 aliphatic heterocycles. The van der Waals surface area contributed by atoms with Gasteiger partial charge in [-0.3, -0.25) is 14.7 Å². The molecule has 1 amide bonds. The molecule has 4 rings (SSSR count). The first kappa shape index (κ1) is 15.1. The standard InChI is InChI=1S/C18H25N3O2/c22-18-16-6-9-20(15-2-1-3-15)13-17(16)23-11-10-21(18)12-14-4-7-19-8-5-14/h4-5,7-8,15-17H,1-3,6,9-13H2/t16-,17+/m1/s1. The number of pyridine rings is 1. The maximum Gasteiger partial charge on any atom is 0.228 e. The van der Waals surface area contributed by atoms with Crippen LogP contribution < -0.4 is 0 Å². The minimum absolute atomic E-state index is 0.0377. The summed E-state index contributed by atoms with van der Waals surface area (Å²) >= 11 is 0. The van der Waals surface area contributed by atoms with Gasteiger partial charge in [-0.15, -0.1) is 0 Å². The van der Waals surface area contributed by atoms with Gasteiger partial charge < -0.3 is 9.64 Å². The van der Waals surface area contributed by atoms with Gasteiger partial charge in [-0.05, 0) is 43.5 Å². The van der Waals surface area contributed by atoms with Crippen LogP contribution in [0.25, 0.3) is 0 Å². The first-order valence-corrected chi connectivity index (χ1v) is 8.84. The first-order chi connectivity index (χ1) is 11.3. The predicted octanol–water partition coefficient (Wildman–Crippen LogP) is 1.68. The van der Waals surface area contributed by atoms with Gasteiger partial charge in [0.2, 0.25) is 5.91 Å². The highest BCUT2D eigenvalue weighted by atomic mass is 16.5. The van der Waals surface area contributed by atoms with Crippen molar-refractivity contribution in [2.45, 2.75) is 44.4 Å². The summed E-state index contributed by atoms with van der Waals surface area (Å²) in [6.07, 6.45) is 8.59. The fraction of sp³-hybridized carbons (Fsp3) is 0.667. The zero-order valence-electron chi connectivity index (χ0n) is 13.6. The second kappa shape index (κ2) is 6.57. The van der Waals surface area contributed by atoms with Gasteiger partial charge in [0.25, 0.3) is 0 Å². The normalized spacial score (nSPS) is 29.7. The van der Waals surface area contributed by atoms with E-state index in [1.807, 2.05) is 17.0 Å². The van der Waals surface area contributed by atoms with Crippen LogP contribution in [-0.2, 0) is 16.1 Å². The number of ether oxygens (including phenoxy) is 1. The van der Waals surface area contributed by atoms with Crippen LogP contribution in [0.3, 0.4) is 0 Å². The molecule has 3 heterocycles. The molecule has 1 aliphatic carbocycles. The lowest BCUT2D eigenvalue weighted by atomic mass is 9.86. The topological polar surface area (TPSA) is 45.7 Å². The third kappa shape index (κ3) is 3.12. The molecule has 0 bridgehead atoms. The van der Waals surface area contributed by atoms with Gasteiger partial charge >= 0.3 is 0 Å². The molecule has 3 aliphatic rings. The van der Waals surface area contributed by atoms with Crippen molar-refractivity contribution in [1.82, 2.24) is 14.8 Å². The lowest BCUT2D eigenvalue weighted by Crippen LogP contribution is -2.53. The smallest absolute Gasteiger partial charge is 0.228 e. The second-order valence-electron chi connectivity index (χ2n) is 7.00. The predicted molar refractivity (Wildman–Crippen MR) is 86.7 cm³/mol. The van der Waals surface area contributed by atoms with Crippen molar-refractivity contribution in [3.63, 3.8) is 0 Å². The SMILES string of the molecule is O=C1[C@@H]2CCN(C3CCC3)C[C@@H]2OCCN1Cc1ccncc1. The first-order valence-electron chi connectivity index (χ1n) is 8.84. The van der Waals surface area contributed by atoms with Gasteiger partial charge in [-0.2, -0.15) is 0 Å². The van der Waals surface area contributed by atoms with E-state index >= 15 is 0 Å². The summed E-state index contributed by atoms with van der Waals surface area (Å²) in [5.74, 6) is 0.313. The van der Waals surface area contributed by atoms with E-state index in [9.17, 15) is 4.79 Å². The number of aromatic nitrogens is 1. The largest absolute Gasteiger partial charge is 0.374 e. The highest BCUT2D eigenvalue weighted by molar-refractivity contribution is 5.80. The zero-order chi connectivity index (χ0) is 15.6. The van der Waals surface area contributed by atoms with Crippen molar-refractivity contribution in [2.24, 2.45) is 5.92 Å². The Balaban J connectivity index is 1.43. The van der Waals surface area contributed by atoms with Crippen LogP contribution in [0.4, 0.5) is 0 Å². The third-order valence-corrected chi connectivity index (χ3v) is 5.63. The van der Waals surface area contributed by atoms with E-state index in [2.05, 4.69) is 9.88 Å². The van der Waals surface area contributed by atoms with E-state index in [1.54, 1.807) is 12.4 Å². The Morgan fingerprint density at radius 1 is 1.17 bits per heavy atom. The third-order valence-electron chi connectivity index (χ3n) is 5.63. The molecule has 5 heteroatoms. The maximum atomic E-state index is 13.0. The summed E-state index contributed by atoms with van der Waals surface area (Å²) in [5, 5.41) is 0. The summed E-state index contributed by atoms with van der Waals surface area (Å²) in [5.41, 5.74) is 1.14. The maximum absolute atomic E-state index is 13.0. The van der Waals surface area contributed by atoms with Crippen LogP contribution in [-0.4, -0.2) is 59.1 Å². The number of nitrogens with zero attached hydrogens (tertiary/aromatic N) is 3. The molecule has 2 atom stereocenters. The molecule has 124 valence electrons. The van der Waals surface area contributed by atoms with Crippen LogP contribution in [0, 0.1) is 5.92 Å². The molecule has 5 nitrogen and oxygen atoms in total. The highest BCUT2D eigenvalue weighted by Crippen LogP contribution is 2.32. The molecule has 0 N–H and O–H groups in total. The lowest BCUT2D eigenvalue weighted by molar-refractivity contribution is -0.140. The second-order valence-corrected chi connectivity index (χ2v) is 7.00. The van der Waals surface area contributed by atoms with Crippen molar-refractivity contribution < 1.29 is 9.53 Å². The molecule has 23 heavy (non-hydrogen) atoms. The molecule has 3 fully saturated rings. The summed E-state index contributed by atoms with van der Waals surface area (Å²) < 4.78 is 6.08. The Kier molecular flexibility index (Phi) is 4.31. The number of rotatable bonds is 3. The zero-order valence-corrected chi connectivity index (χ0v) is 13.6. The molecular weight excluding hydrogens is 290 g/mol. The minimum Gasteiger partial charge on any atom is -0.374 e. The molecule has 1 aromatic heterocycles. The van der Waals surface area contributed by atoms with E-state index in [1.165, 1.54) is 19.3 Å². The molecule has 0 radical (unpaired) electrons. The average molecular weight is 315 g/mol. The van der Waals surface area contributed by atoms with Gasteiger partial charge in [0, 0.05) is 38.1 Å². The van der Waals surface area contributed by atoms with E-state index in [0.717, 1.165) is 31.1 Å². The van der Waals surface area contributed by atoms with Crippen molar-refractivity contribution in [2.75, 3.05) is 26.2 Å². The van der Waals surface area contributed by atoms with Gasteiger partial charge in [-0.25, -0.2) is 0 Å². The molecule has 0 spiro atoms. The quantitative estimate of drug-likeness (QED) is 0.851. The van der Waals surface area contributed by atoms with E-state index in [0.29, 0.717) is 19.7 Å². The molecular formula is C18H25N3O2. The molecule has 0 aromatic carbocycles. The van der Waals surface area contributed by atoms with E-state index < -0.39 is 0 Å². The Morgan fingerprint density at radius 2 is 2.00 bits per heavy atom. The number of hydrogen-bond acceptors (Lipinski definition) is 4. The van der Waals surface area contributed by atoms with Crippen LogP contribution in [0.2, 0.25) is 0 Å². The summed E-state index contributed by atoms with van der Waals surface area (Å²) in [4.78, 5) is 21.5. The highest BCUT2D eigenvalue weighted by Gasteiger charge is 2.41. The number of amides is 1. The number of fused-ring (bicyclic) bond motifs is 1. The summed E-state index contributed by atoms with van der Waals surface area (Å²) in [6.45, 7) is 3.99. The van der Waals surface area contributed by atoms with Gasteiger partial charge in [0.05, 0.1) is 18.6 Å². The Hall–Kier alpha value is -1.46. The van der Waals surface area contributed by atoms with Crippen LogP contribution in [0.15, 0.2) is 24.5 Å². The van der Waals surface area contributed by atoms with Gasteiger partial charge in [0.15, 0.2) is 0 Å². The van der Waals surface area contributed by atoms with Crippen LogP contribution in [0.5, 0.6) is 0 Å². The van der Waals surface area contributed by atoms with E-state index in [-0.39, 0.29) is 17.9 Å². The average Bonchev–Trinajstić information content (AvgIpc) is 2.67. The molecule has 1 saturated carbocycles. The Morgan fingerprint density at radius 3 is 2.74 bits per heavy atom. The monoisotopic (exact) mass is 315 g/mol. The molecule has 2 saturated heterocycles. The number of carbonyl (C=O) groups is 1. The number of likely N-dealkylation sites (tertiary alicyclic amines) is 1. The number of piperidine rings is 1. The van der Waals surface area contributed by atoms with Crippen molar-refractivity contribution in [3.05, 3.63) is 30.1 Å². The van der Waals surface area contributed by atoms with Gasteiger partial charge in [0.1, 0.15) is 0 Å². The fourth-order valence-corrected chi connectivity index (χ4v) is 4.00. The van der Waals surface area contributed by atoms with Crippen molar-refractivity contribution >= 4 is 5.91 Å². The molecule has 0 unspecified atom stereocenters. The fourth-order valence-electron chi connectivity index (χ4n) is 4.00. The summed E-state index contributed by atoms with van der Waals surface area (Å²) in [7, 11) is 0. The lowest BCUT2D eigenvalue weighted by Gasteiger charge is -2.44. The number of carbonyl (C=O) groups excluding carboxylic acids is 1. The van der Waals surface area contributed by atoms with Gasteiger partial charge in [-0.1, -0.05) is 6.42 Å². The van der Waals surface area contributed by atoms with Crippen molar-refractivity contribution in [3.8, 4) is 0 Å². The van der Waals surface area contributed by atoms with Crippen molar-refractivity contribution in [1.29, 1.82) is 0 Å². The molecule has 1 aromatic rings. The van der Waals surface area contributed by atoms with Crippen LogP contribution in [0.1, 0.15) is 31.2 Å². The summed E-state index contributed by atoms with van der Waals surface area (Å²) in [6, 6.07) is 4.71. The minimum atomic E-state index is 0.0377. The Bertz CT molecular complexity index is 546. The number of hydrogen-bond donors (Lipinski definition) is 0.